The Bertz CT molecular complexity index is 867. The lowest BCUT2D eigenvalue weighted by Crippen LogP contribution is -2.26. The maximum atomic E-state index is 12.8. The Kier molecular flexibility index (Phi) is 3.93. The zero-order valence-electron chi connectivity index (χ0n) is 12.5. The molecule has 0 amide bonds. The van der Waals surface area contributed by atoms with Crippen LogP contribution in [0, 0.1) is 6.92 Å². The summed E-state index contributed by atoms with van der Waals surface area (Å²) in [5.41, 5.74) is 0.254. The maximum Gasteiger partial charge on any atom is 0.311 e. The highest BCUT2D eigenvalue weighted by Gasteiger charge is 2.32. The minimum Gasteiger partial charge on any atom is -0.481 e. The summed E-state index contributed by atoms with van der Waals surface area (Å²) in [5, 5.41) is 18.6. The van der Waals surface area contributed by atoms with Crippen LogP contribution in [-0.4, -0.2) is 31.7 Å². The third kappa shape index (κ3) is 2.63. The predicted octanol–water partition coefficient (Wildman–Crippen LogP) is 1.75. The minimum atomic E-state index is -0.993. The molecule has 2 heterocycles. The van der Waals surface area contributed by atoms with E-state index in [2.05, 4.69) is 4.98 Å². The fourth-order valence-corrected chi connectivity index (χ4v) is 4.45. The lowest BCUT2D eigenvalue weighted by atomic mass is 9.86. The molecule has 2 aromatic heterocycles. The standard InChI is InChI=1S/C15H16N2O5S/c1-7-16-13-12(14(20)17(7)6-5-10(18)19)11-8(15(21)22)3-2-4-9(11)23-13/h8H,2-6H2,1H3,(H,18,19)(H,21,22). The largest absolute Gasteiger partial charge is 0.481 e. The van der Waals surface area contributed by atoms with Gasteiger partial charge in [0.25, 0.3) is 5.56 Å². The van der Waals surface area contributed by atoms with E-state index in [-0.39, 0.29) is 18.5 Å². The van der Waals surface area contributed by atoms with Crippen LogP contribution < -0.4 is 5.56 Å². The first kappa shape index (κ1) is 15.7. The Balaban J connectivity index is 2.23. The Labute approximate surface area is 135 Å². The van der Waals surface area contributed by atoms with E-state index >= 15 is 0 Å². The van der Waals surface area contributed by atoms with E-state index in [0.717, 1.165) is 17.7 Å². The van der Waals surface area contributed by atoms with E-state index in [1.54, 1.807) is 6.92 Å². The van der Waals surface area contributed by atoms with Crippen LogP contribution in [0.15, 0.2) is 4.79 Å². The minimum absolute atomic E-state index is 0.0330. The Hall–Kier alpha value is -2.22. The molecule has 0 fully saturated rings. The molecule has 1 aliphatic carbocycles. The second-order valence-electron chi connectivity index (χ2n) is 5.66. The van der Waals surface area contributed by atoms with Gasteiger partial charge in [-0.3, -0.25) is 19.0 Å². The van der Waals surface area contributed by atoms with E-state index in [1.165, 1.54) is 15.9 Å². The van der Waals surface area contributed by atoms with E-state index in [4.69, 9.17) is 5.11 Å². The molecule has 3 rings (SSSR count). The number of aryl methyl sites for hydroxylation is 2. The van der Waals surface area contributed by atoms with Crippen LogP contribution in [-0.2, 0) is 22.6 Å². The van der Waals surface area contributed by atoms with Crippen molar-refractivity contribution < 1.29 is 19.8 Å². The van der Waals surface area contributed by atoms with Crippen LogP contribution in [0.25, 0.3) is 10.2 Å². The molecule has 23 heavy (non-hydrogen) atoms. The Morgan fingerprint density at radius 3 is 2.78 bits per heavy atom. The van der Waals surface area contributed by atoms with Gasteiger partial charge in [-0.1, -0.05) is 0 Å². The van der Waals surface area contributed by atoms with Gasteiger partial charge in [0.2, 0.25) is 0 Å². The summed E-state index contributed by atoms with van der Waals surface area (Å²) in [6.45, 7) is 1.70. The van der Waals surface area contributed by atoms with Crippen LogP contribution in [0.4, 0.5) is 0 Å². The lowest BCUT2D eigenvalue weighted by molar-refractivity contribution is -0.139. The zero-order valence-corrected chi connectivity index (χ0v) is 13.4. The van der Waals surface area contributed by atoms with Gasteiger partial charge in [0.1, 0.15) is 10.7 Å². The van der Waals surface area contributed by atoms with Gasteiger partial charge in [-0.05, 0) is 31.7 Å². The summed E-state index contributed by atoms with van der Waals surface area (Å²) in [7, 11) is 0. The summed E-state index contributed by atoms with van der Waals surface area (Å²) in [6.07, 6.45) is 1.87. The number of carbonyl (C=O) groups is 2. The normalized spacial score (nSPS) is 17.2. The van der Waals surface area contributed by atoms with E-state index in [1.807, 2.05) is 0 Å². The van der Waals surface area contributed by atoms with Crippen molar-refractivity contribution in [2.75, 3.05) is 0 Å². The van der Waals surface area contributed by atoms with E-state index in [9.17, 15) is 19.5 Å². The van der Waals surface area contributed by atoms with E-state index < -0.39 is 17.9 Å². The smallest absolute Gasteiger partial charge is 0.311 e. The molecular formula is C15H16N2O5S. The average molecular weight is 336 g/mol. The van der Waals surface area contributed by atoms with Gasteiger partial charge in [0, 0.05) is 11.4 Å². The number of aliphatic carboxylic acids is 2. The van der Waals surface area contributed by atoms with Crippen LogP contribution in [0.5, 0.6) is 0 Å². The highest BCUT2D eigenvalue weighted by atomic mass is 32.1. The number of hydrogen-bond acceptors (Lipinski definition) is 5. The van der Waals surface area contributed by atoms with Gasteiger partial charge >= 0.3 is 11.9 Å². The van der Waals surface area contributed by atoms with Gasteiger partial charge in [0.15, 0.2) is 0 Å². The molecule has 0 radical (unpaired) electrons. The highest BCUT2D eigenvalue weighted by molar-refractivity contribution is 7.18. The molecule has 0 saturated heterocycles. The summed E-state index contributed by atoms with van der Waals surface area (Å²) >= 11 is 1.38. The average Bonchev–Trinajstić information content (AvgIpc) is 2.84. The second kappa shape index (κ2) is 5.77. The molecule has 0 bridgehead atoms. The monoisotopic (exact) mass is 336 g/mol. The lowest BCUT2D eigenvalue weighted by Gasteiger charge is -2.19. The summed E-state index contributed by atoms with van der Waals surface area (Å²) < 4.78 is 1.33. The molecule has 1 aliphatic rings. The molecule has 8 heteroatoms. The first-order valence-corrected chi connectivity index (χ1v) is 8.19. The molecular weight excluding hydrogens is 320 g/mol. The van der Waals surface area contributed by atoms with Crippen LogP contribution in [0.1, 0.15) is 41.4 Å². The van der Waals surface area contributed by atoms with Crippen LogP contribution >= 0.6 is 11.3 Å². The SMILES string of the molecule is Cc1nc2sc3c(c2c(=O)n1CCC(=O)O)C(C(=O)O)CCC3. The number of fused-ring (bicyclic) bond motifs is 3. The Morgan fingerprint density at radius 2 is 2.13 bits per heavy atom. The number of rotatable bonds is 4. The van der Waals surface area contributed by atoms with Gasteiger partial charge < -0.3 is 10.2 Å². The number of aromatic nitrogens is 2. The fourth-order valence-electron chi connectivity index (χ4n) is 3.14. The number of carboxylic acids is 2. The number of nitrogens with zero attached hydrogens (tertiary/aromatic N) is 2. The molecule has 122 valence electrons. The predicted molar refractivity (Wildman–Crippen MR) is 84.2 cm³/mol. The Morgan fingerprint density at radius 1 is 1.39 bits per heavy atom. The summed E-state index contributed by atoms with van der Waals surface area (Å²) in [4.78, 5) is 41.0. The van der Waals surface area contributed by atoms with Crippen molar-refractivity contribution in [3.05, 3.63) is 26.6 Å². The van der Waals surface area contributed by atoms with Crippen molar-refractivity contribution >= 4 is 33.5 Å². The topological polar surface area (TPSA) is 109 Å². The summed E-state index contributed by atoms with van der Waals surface area (Å²) in [6, 6.07) is 0. The number of hydrogen-bond donors (Lipinski definition) is 2. The molecule has 0 saturated carbocycles. The summed E-state index contributed by atoms with van der Waals surface area (Å²) in [5.74, 6) is -2.15. The van der Waals surface area contributed by atoms with E-state index in [0.29, 0.717) is 28.0 Å². The second-order valence-corrected chi connectivity index (χ2v) is 6.75. The van der Waals surface area contributed by atoms with Gasteiger partial charge in [-0.25, -0.2) is 4.98 Å². The van der Waals surface area contributed by atoms with Crippen LogP contribution in [0.2, 0.25) is 0 Å². The highest BCUT2D eigenvalue weighted by Crippen LogP contribution is 2.40. The van der Waals surface area contributed by atoms with Crippen molar-refractivity contribution in [1.82, 2.24) is 9.55 Å². The molecule has 0 aliphatic heterocycles. The van der Waals surface area contributed by atoms with Crippen molar-refractivity contribution in [2.24, 2.45) is 0 Å². The van der Waals surface area contributed by atoms with Gasteiger partial charge in [0.05, 0.1) is 17.7 Å². The molecule has 7 nitrogen and oxygen atoms in total. The molecule has 1 atom stereocenters. The number of thiophene rings is 1. The van der Waals surface area contributed by atoms with Crippen molar-refractivity contribution in [3.8, 4) is 0 Å². The molecule has 1 unspecified atom stereocenters. The van der Waals surface area contributed by atoms with Crippen molar-refractivity contribution in [3.63, 3.8) is 0 Å². The number of carboxylic acid groups (broad SMARTS) is 2. The van der Waals surface area contributed by atoms with Crippen LogP contribution in [0.3, 0.4) is 0 Å². The third-order valence-electron chi connectivity index (χ3n) is 4.21. The maximum absolute atomic E-state index is 12.8. The quantitative estimate of drug-likeness (QED) is 0.880. The first-order chi connectivity index (χ1) is 10.9. The fraction of sp³-hybridized carbons (Fsp3) is 0.467. The molecule has 0 spiro atoms. The third-order valence-corrected chi connectivity index (χ3v) is 5.37. The zero-order chi connectivity index (χ0) is 16.7. The molecule has 2 aromatic rings. The molecule has 2 N–H and O–H groups in total. The van der Waals surface area contributed by atoms with Crippen molar-refractivity contribution in [2.45, 2.75) is 45.1 Å². The molecule has 0 aromatic carbocycles. The van der Waals surface area contributed by atoms with Crippen molar-refractivity contribution in [1.29, 1.82) is 0 Å². The van der Waals surface area contributed by atoms with Gasteiger partial charge in [-0.2, -0.15) is 0 Å². The van der Waals surface area contributed by atoms with Gasteiger partial charge in [-0.15, -0.1) is 11.3 Å². The first-order valence-electron chi connectivity index (χ1n) is 7.37.